The quantitative estimate of drug-likeness (QED) is 0.672. The summed E-state index contributed by atoms with van der Waals surface area (Å²) in [4.78, 5) is 0. The largest absolute Gasteiger partial charge is 0.374 e. The minimum atomic E-state index is -0.00181. The van der Waals surface area contributed by atoms with Crippen molar-refractivity contribution in [1.82, 2.24) is 10.4 Å². The Morgan fingerprint density at radius 3 is 2.54 bits per heavy atom. The van der Waals surface area contributed by atoms with Gasteiger partial charge in [-0.3, -0.25) is 5.43 Å². The fourth-order valence-electron chi connectivity index (χ4n) is 2.05. The highest BCUT2D eigenvalue weighted by Gasteiger charge is 2.38. The third-order valence-corrected chi connectivity index (χ3v) is 2.75. The van der Waals surface area contributed by atoms with E-state index in [1.54, 1.807) is 0 Å². The van der Waals surface area contributed by atoms with Crippen molar-refractivity contribution in [2.45, 2.75) is 45.8 Å². The summed E-state index contributed by atoms with van der Waals surface area (Å²) >= 11 is 0. The predicted octanol–water partition coefficient (Wildman–Crippen LogP) is 1.40. The van der Waals surface area contributed by atoms with Gasteiger partial charge in [-0.1, -0.05) is 13.8 Å². The Bertz CT molecular complexity index is 159. The number of nitrogens with zero attached hydrogens (tertiary/aromatic N) is 1. The summed E-state index contributed by atoms with van der Waals surface area (Å²) in [5, 5.41) is 2.30. The summed E-state index contributed by atoms with van der Waals surface area (Å²) in [6, 6.07) is 0.512. The standard InChI is InChI=1S/C10H22N2O/c1-5-11-12(6-2)9-7-8-13-10(9,3)4/h9,11H,5-8H2,1-4H3. The van der Waals surface area contributed by atoms with Crippen LogP contribution in [0.5, 0.6) is 0 Å². The first-order valence-electron chi connectivity index (χ1n) is 5.26. The summed E-state index contributed by atoms with van der Waals surface area (Å²) in [5.41, 5.74) is 3.38. The first-order chi connectivity index (χ1) is 6.11. The van der Waals surface area contributed by atoms with E-state index in [4.69, 9.17) is 4.74 Å². The number of hydrogen-bond donors (Lipinski definition) is 1. The van der Waals surface area contributed by atoms with Crippen LogP contribution in [-0.2, 0) is 4.74 Å². The van der Waals surface area contributed by atoms with Gasteiger partial charge in [-0.15, -0.1) is 0 Å². The van der Waals surface area contributed by atoms with E-state index in [1.165, 1.54) is 0 Å². The zero-order valence-corrected chi connectivity index (χ0v) is 9.26. The van der Waals surface area contributed by atoms with E-state index in [1.807, 2.05) is 0 Å². The Morgan fingerprint density at radius 1 is 1.46 bits per heavy atom. The molecule has 1 N–H and O–H groups in total. The number of ether oxygens (including phenoxy) is 1. The first-order valence-corrected chi connectivity index (χ1v) is 5.26. The van der Waals surface area contributed by atoms with Gasteiger partial charge in [0, 0.05) is 19.7 Å². The molecule has 0 aromatic rings. The molecule has 1 unspecified atom stereocenters. The molecular formula is C10H22N2O. The van der Waals surface area contributed by atoms with Crippen molar-refractivity contribution in [3.05, 3.63) is 0 Å². The Morgan fingerprint density at radius 2 is 2.15 bits per heavy atom. The van der Waals surface area contributed by atoms with E-state index >= 15 is 0 Å². The molecule has 1 rings (SSSR count). The normalized spacial score (nSPS) is 27.0. The number of nitrogens with one attached hydrogen (secondary N) is 1. The van der Waals surface area contributed by atoms with E-state index in [9.17, 15) is 0 Å². The molecule has 0 spiro atoms. The first kappa shape index (κ1) is 11.0. The van der Waals surface area contributed by atoms with Crippen LogP contribution < -0.4 is 5.43 Å². The smallest absolute Gasteiger partial charge is 0.0795 e. The van der Waals surface area contributed by atoms with Crippen LogP contribution in [0.15, 0.2) is 0 Å². The van der Waals surface area contributed by atoms with Crippen LogP contribution in [0.25, 0.3) is 0 Å². The molecule has 3 nitrogen and oxygen atoms in total. The lowest BCUT2D eigenvalue weighted by atomic mass is 9.98. The van der Waals surface area contributed by atoms with Crippen molar-refractivity contribution in [2.75, 3.05) is 19.7 Å². The van der Waals surface area contributed by atoms with E-state index in [0.29, 0.717) is 6.04 Å². The third kappa shape index (κ3) is 2.42. The van der Waals surface area contributed by atoms with E-state index in [0.717, 1.165) is 26.1 Å². The maximum absolute atomic E-state index is 5.70. The zero-order valence-electron chi connectivity index (χ0n) is 9.26. The molecule has 0 aromatic heterocycles. The van der Waals surface area contributed by atoms with Crippen LogP contribution in [0.4, 0.5) is 0 Å². The van der Waals surface area contributed by atoms with Crippen molar-refractivity contribution in [3.63, 3.8) is 0 Å². The van der Waals surface area contributed by atoms with E-state index < -0.39 is 0 Å². The maximum Gasteiger partial charge on any atom is 0.0795 e. The molecular weight excluding hydrogens is 164 g/mol. The monoisotopic (exact) mass is 186 g/mol. The van der Waals surface area contributed by atoms with Crippen molar-refractivity contribution in [1.29, 1.82) is 0 Å². The van der Waals surface area contributed by atoms with E-state index in [2.05, 4.69) is 38.1 Å². The molecule has 13 heavy (non-hydrogen) atoms. The molecule has 0 bridgehead atoms. The molecule has 0 aromatic carbocycles. The molecule has 0 saturated carbocycles. The highest BCUT2D eigenvalue weighted by molar-refractivity contribution is 4.90. The molecule has 1 saturated heterocycles. The molecule has 1 aliphatic heterocycles. The maximum atomic E-state index is 5.70. The summed E-state index contributed by atoms with van der Waals surface area (Å²) in [7, 11) is 0. The van der Waals surface area contributed by atoms with Gasteiger partial charge in [0.25, 0.3) is 0 Å². The van der Waals surface area contributed by atoms with Crippen LogP contribution >= 0.6 is 0 Å². The molecule has 1 atom stereocenters. The number of rotatable bonds is 4. The minimum absolute atomic E-state index is 0.00181. The summed E-state index contributed by atoms with van der Waals surface area (Å²) in [5.74, 6) is 0. The number of hydrazine groups is 1. The fraction of sp³-hybridized carbons (Fsp3) is 1.00. The van der Waals surface area contributed by atoms with Gasteiger partial charge in [0.2, 0.25) is 0 Å². The molecule has 0 aliphatic carbocycles. The third-order valence-electron chi connectivity index (χ3n) is 2.75. The molecule has 1 heterocycles. The fourth-order valence-corrected chi connectivity index (χ4v) is 2.05. The van der Waals surface area contributed by atoms with Crippen molar-refractivity contribution in [2.24, 2.45) is 0 Å². The van der Waals surface area contributed by atoms with Gasteiger partial charge in [0.05, 0.1) is 11.6 Å². The second-order valence-corrected chi connectivity index (χ2v) is 4.05. The second-order valence-electron chi connectivity index (χ2n) is 4.05. The van der Waals surface area contributed by atoms with Gasteiger partial charge in [-0.2, -0.15) is 0 Å². The number of likely N-dealkylation sites (N-methyl/N-ethyl adjacent to an activating group) is 1. The van der Waals surface area contributed by atoms with Crippen molar-refractivity contribution < 1.29 is 4.74 Å². The second kappa shape index (κ2) is 4.40. The van der Waals surface area contributed by atoms with Gasteiger partial charge in [0.1, 0.15) is 0 Å². The topological polar surface area (TPSA) is 24.5 Å². The lowest BCUT2D eigenvalue weighted by Gasteiger charge is -2.35. The van der Waals surface area contributed by atoms with Crippen LogP contribution in [0.3, 0.4) is 0 Å². The Balaban J connectivity index is 2.57. The van der Waals surface area contributed by atoms with Crippen molar-refractivity contribution in [3.8, 4) is 0 Å². The minimum Gasteiger partial charge on any atom is -0.374 e. The van der Waals surface area contributed by atoms with E-state index in [-0.39, 0.29) is 5.60 Å². The average molecular weight is 186 g/mol. The van der Waals surface area contributed by atoms with Gasteiger partial charge in [-0.25, -0.2) is 5.01 Å². The average Bonchev–Trinajstić information content (AvgIpc) is 2.41. The SMILES string of the molecule is CCNN(CC)C1CCOC1(C)C. The van der Waals surface area contributed by atoms with Gasteiger partial charge in [0.15, 0.2) is 0 Å². The van der Waals surface area contributed by atoms with Crippen LogP contribution in [0.1, 0.15) is 34.1 Å². The summed E-state index contributed by atoms with van der Waals surface area (Å²) in [6.07, 6.45) is 1.13. The van der Waals surface area contributed by atoms with Gasteiger partial charge < -0.3 is 4.74 Å². The molecule has 0 radical (unpaired) electrons. The highest BCUT2D eigenvalue weighted by Crippen LogP contribution is 2.28. The van der Waals surface area contributed by atoms with Crippen LogP contribution in [0.2, 0.25) is 0 Å². The molecule has 3 heteroatoms. The lowest BCUT2D eigenvalue weighted by molar-refractivity contribution is -0.0234. The predicted molar refractivity (Wildman–Crippen MR) is 54.5 cm³/mol. The number of hydrogen-bond acceptors (Lipinski definition) is 3. The van der Waals surface area contributed by atoms with Crippen LogP contribution in [0, 0.1) is 0 Å². The zero-order chi connectivity index (χ0) is 9.90. The Labute approximate surface area is 81.4 Å². The summed E-state index contributed by atoms with van der Waals surface area (Å²) in [6.45, 7) is 11.6. The molecule has 78 valence electrons. The Kier molecular flexibility index (Phi) is 3.71. The van der Waals surface area contributed by atoms with Crippen molar-refractivity contribution >= 4 is 0 Å². The lowest BCUT2D eigenvalue weighted by Crippen LogP contribution is -2.52. The van der Waals surface area contributed by atoms with Gasteiger partial charge >= 0.3 is 0 Å². The molecule has 1 aliphatic rings. The van der Waals surface area contributed by atoms with Gasteiger partial charge in [-0.05, 0) is 20.3 Å². The highest BCUT2D eigenvalue weighted by atomic mass is 16.5. The summed E-state index contributed by atoms with van der Waals surface area (Å²) < 4.78 is 5.70. The molecule has 1 fully saturated rings. The molecule has 0 amide bonds. The van der Waals surface area contributed by atoms with Crippen LogP contribution in [-0.4, -0.2) is 36.3 Å². The Hall–Kier alpha value is -0.120.